The normalized spacial score (nSPS) is 12.8. The molecule has 0 spiro atoms. The van der Waals surface area contributed by atoms with Gasteiger partial charge in [-0.3, -0.25) is 14.5 Å². The highest BCUT2D eigenvalue weighted by atomic mass is 35.5. The molecule has 1 aliphatic rings. The maximum Gasteiger partial charge on any atom is 0.241 e. The highest BCUT2D eigenvalue weighted by Gasteiger charge is 2.25. The second-order valence-corrected chi connectivity index (χ2v) is 6.93. The first kappa shape index (κ1) is 19.2. The quantitative estimate of drug-likeness (QED) is 0.828. The van der Waals surface area contributed by atoms with Crippen LogP contribution in [-0.4, -0.2) is 50.5 Å². The maximum absolute atomic E-state index is 12.6. The first-order chi connectivity index (χ1) is 13.0. The standard InChI is InChI=1S/C20H22ClN3O3/c1-23(12-19(25)22-16-11-15(21)7-8-18(16)27-2)13-20(26)24-10-9-14-5-3-4-6-17(14)24/h3-8,11H,9-10,12-13H2,1-2H3,(H,22,25). The number of carbonyl (C=O) groups is 2. The number of halogens is 1. The minimum Gasteiger partial charge on any atom is -0.495 e. The molecule has 3 rings (SSSR count). The summed E-state index contributed by atoms with van der Waals surface area (Å²) in [5, 5.41) is 3.28. The molecule has 1 aliphatic heterocycles. The average molecular weight is 388 g/mol. The second kappa shape index (κ2) is 8.41. The van der Waals surface area contributed by atoms with Crippen molar-refractivity contribution in [1.82, 2.24) is 4.90 Å². The lowest BCUT2D eigenvalue weighted by Gasteiger charge is -2.22. The Bertz CT molecular complexity index is 856. The van der Waals surface area contributed by atoms with Gasteiger partial charge in [0.1, 0.15) is 5.75 Å². The number of hydrogen-bond donors (Lipinski definition) is 1. The minimum absolute atomic E-state index is 0.0180. The number of para-hydroxylation sites is 1. The Morgan fingerprint density at radius 1 is 1.22 bits per heavy atom. The van der Waals surface area contributed by atoms with E-state index in [9.17, 15) is 9.59 Å². The monoisotopic (exact) mass is 387 g/mol. The number of methoxy groups -OCH3 is 1. The maximum atomic E-state index is 12.6. The summed E-state index contributed by atoms with van der Waals surface area (Å²) in [6.07, 6.45) is 0.862. The molecule has 0 saturated heterocycles. The lowest BCUT2D eigenvalue weighted by atomic mass is 10.2. The summed E-state index contributed by atoms with van der Waals surface area (Å²) in [6.45, 7) is 0.920. The van der Waals surface area contributed by atoms with Gasteiger partial charge >= 0.3 is 0 Å². The lowest BCUT2D eigenvalue weighted by Crippen LogP contribution is -2.40. The van der Waals surface area contributed by atoms with Crippen molar-refractivity contribution in [2.45, 2.75) is 6.42 Å². The predicted molar refractivity (Wildman–Crippen MR) is 107 cm³/mol. The number of amides is 2. The van der Waals surface area contributed by atoms with E-state index in [4.69, 9.17) is 16.3 Å². The van der Waals surface area contributed by atoms with Gasteiger partial charge in [0.25, 0.3) is 0 Å². The zero-order chi connectivity index (χ0) is 19.4. The van der Waals surface area contributed by atoms with Crippen LogP contribution in [0.1, 0.15) is 5.56 Å². The molecular formula is C20H22ClN3O3. The van der Waals surface area contributed by atoms with Crippen LogP contribution in [0.15, 0.2) is 42.5 Å². The topological polar surface area (TPSA) is 61.9 Å². The van der Waals surface area contributed by atoms with E-state index in [1.165, 1.54) is 12.7 Å². The Labute approximate surface area is 163 Å². The molecule has 2 aromatic carbocycles. The summed E-state index contributed by atoms with van der Waals surface area (Å²) >= 11 is 5.98. The molecule has 7 heteroatoms. The van der Waals surface area contributed by atoms with Crippen LogP contribution in [0.5, 0.6) is 5.75 Å². The molecule has 0 fully saturated rings. The number of likely N-dealkylation sites (N-methyl/N-ethyl adjacent to an activating group) is 1. The highest BCUT2D eigenvalue weighted by molar-refractivity contribution is 6.31. The lowest BCUT2D eigenvalue weighted by molar-refractivity contribution is -0.120. The Morgan fingerprint density at radius 2 is 2.00 bits per heavy atom. The van der Waals surface area contributed by atoms with Gasteiger partial charge in [0.2, 0.25) is 11.8 Å². The van der Waals surface area contributed by atoms with E-state index in [2.05, 4.69) is 5.32 Å². The van der Waals surface area contributed by atoms with Crippen LogP contribution in [0, 0.1) is 0 Å². The van der Waals surface area contributed by atoms with Gasteiger partial charge in [0.15, 0.2) is 0 Å². The molecule has 0 atom stereocenters. The van der Waals surface area contributed by atoms with E-state index in [-0.39, 0.29) is 24.9 Å². The third-order valence-corrected chi connectivity index (χ3v) is 4.68. The fourth-order valence-electron chi connectivity index (χ4n) is 3.18. The fourth-order valence-corrected chi connectivity index (χ4v) is 3.35. The van der Waals surface area contributed by atoms with Gasteiger partial charge in [-0.1, -0.05) is 29.8 Å². The summed E-state index contributed by atoms with van der Waals surface area (Å²) in [7, 11) is 3.27. The molecule has 1 heterocycles. The highest BCUT2D eigenvalue weighted by Crippen LogP contribution is 2.28. The van der Waals surface area contributed by atoms with Crippen LogP contribution in [0.3, 0.4) is 0 Å². The van der Waals surface area contributed by atoms with E-state index in [1.807, 2.05) is 24.3 Å². The molecule has 0 bridgehead atoms. The van der Waals surface area contributed by atoms with Crippen molar-refractivity contribution in [2.75, 3.05) is 44.0 Å². The zero-order valence-electron chi connectivity index (χ0n) is 15.4. The van der Waals surface area contributed by atoms with Gasteiger partial charge in [0, 0.05) is 17.3 Å². The molecule has 2 amide bonds. The fraction of sp³-hybridized carbons (Fsp3) is 0.300. The van der Waals surface area contributed by atoms with Gasteiger partial charge in [-0.15, -0.1) is 0 Å². The second-order valence-electron chi connectivity index (χ2n) is 6.49. The minimum atomic E-state index is -0.243. The summed E-state index contributed by atoms with van der Waals surface area (Å²) in [4.78, 5) is 28.4. The Hall–Kier alpha value is -2.57. The molecule has 2 aromatic rings. The van der Waals surface area contributed by atoms with E-state index in [0.29, 0.717) is 23.0 Å². The van der Waals surface area contributed by atoms with E-state index < -0.39 is 0 Å². The number of fused-ring (bicyclic) bond motifs is 1. The van der Waals surface area contributed by atoms with Crippen LogP contribution in [0.25, 0.3) is 0 Å². The Kier molecular flexibility index (Phi) is 5.98. The van der Waals surface area contributed by atoms with Crippen LogP contribution in [0.2, 0.25) is 5.02 Å². The predicted octanol–water partition coefficient (Wildman–Crippen LogP) is 2.81. The molecule has 0 radical (unpaired) electrons. The average Bonchev–Trinajstić information content (AvgIpc) is 3.06. The summed E-state index contributed by atoms with van der Waals surface area (Å²) < 4.78 is 5.22. The molecule has 6 nitrogen and oxygen atoms in total. The van der Waals surface area contributed by atoms with Gasteiger partial charge in [-0.25, -0.2) is 0 Å². The number of rotatable bonds is 6. The van der Waals surface area contributed by atoms with Crippen molar-refractivity contribution in [3.05, 3.63) is 53.1 Å². The van der Waals surface area contributed by atoms with Crippen molar-refractivity contribution < 1.29 is 14.3 Å². The van der Waals surface area contributed by atoms with Crippen molar-refractivity contribution in [3.8, 4) is 5.75 Å². The third-order valence-electron chi connectivity index (χ3n) is 4.44. The number of hydrogen-bond acceptors (Lipinski definition) is 4. The van der Waals surface area contributed by atoms with E-state index >= 15 is 0 Å². The number of benzene rings is 2. The molecule has 0 aliphatic carbocycles. The number of ether oxygens (including phenoxy) is 1. The smallest absolute Gasteiger partial charge is 0.241 e. The molecule has 0 unspecified atom stereocenters. The van der Waals surface area contributed by atoms with Crippen molar-refractivity contribution in [2.24, 2.45) is 0 Å². The number of carbonyl (C=O) groups excluding carboxylic acids is 2. The van der Waals surface area contributed by atoms with Gasteiger partial charge < -0.3 is 15.0 Å². The van der Waals surface area contributed by atoms with Gasteiger partial charge in [-0.05, 0) is 43.3 Å². The number of nitrogens with one attached hydrogen (secondary N) is 1. The summed E-state index contributed by atoms with van der Waals surface area (Å²) in [5.74, 6) is 0.267. The van der Waals surface area contributed by atoms with Crippen molar-refractivity contribution in [1.29, 1.82) is 0 Å². The van der Waals surface area contributed by atoms with Crippen LogP contribution >= 0.6 is 11.6 Å². The molecule has 1 N–H and O–H groups in total. The van der Waals surface area contributed by atoms with Gasteiger partial charge in [0.05, 0.1) is 25.9 Å². The Balaban J connectivity index is 1.56. The Morgan fingerprint density at radius 3 is 2.78 bits per heavy atom. The van der Waals surface area contributed by atoms with Crippen LogP contribution in [-0.2, 0) is 16.0 Å². The van der Waals surface area contributed by atoms with Crippen molar-refractivity contribution in [3.63, 3.8) is 0 Å². The third kappa shape index (κ3) is 4.59. The van der Waals surface area contributed by atoms with Crippen molar-refractivity contribution >= 4 is 34.8 Å². The first-order valence-electron chi connectivity index (χ1n) is 8.68. The molecule has 27 heavy (non-hydrogen) atoms. The number of nitrogens with zero attached hydrogens (tertiary/aromatic N) is 2. The summed E-state index contributed by atoms with van der Waals surface area (Å²) in [6, 6.07) is 12.9. The number of anilines is 2. The molecule has 0 aromatic heterocycles. The van der Waals surface area contributed by atoms with Crippen LogP contribution in [0.4, 0.5) is 11.4 Å². The zero-order valence-corrected chi connectivity index (χ0v) is 16.1. The van der Waals surface area contributed by atoms with E-state index in [0.717, 1.165) is 12.1 Å². The molecular weight excluding hydrogens is 366 g/mol. The van der Waals surface area contributed by atoms with Gasteiger partial charge in [-0.2, -0.15) is 0 Å². The summed E-state index contributed by atoms with van der Waals surface area (Å²) in [5.41, 5.74) is 2.64. The SMILES string of the molecule is COc1ccc(Cl)cc1NC(=O)CN(C)CC(=O)N1CCc2ccccc21. The first-order valence-corrected chi connectivity index (χ1v) is 9.06. The van der Waals surface area contributed by atoms with Crippen LogP contribution < -0.4 is 15.0 Å². The molecule has 0 saturated carbocycles. The largest absolute Gasteiger partial charge is 0.495 e. The molecule has 142 valence electrons. The van der Waals surface area contributed by atoms with E-state index in [1.54, 1.807) is 35.0 Å².